The van der Waals surface area contributed by atoms with Gasteiger partial charge in [-0.2, -0.15) is 0 Å². The first-order valence-electron chi connectivity index (χ1n) is 4.79. The van der Waals surface area contributed by atoms with Crippen LogP contribution >= 0.6 is 0 Å². The molecule has 0 spiro atoms. The maximum atomic E-state index is 9.57. The molecule has 14 heavy (non-hydrogen) atoms. The Labute approximate surface area is 82.9 Å². The number of aliphatic hydroxyl groups excluding tert-OH is 4. The van der Waals surface area contributed by atoms with Crippen LogP contribution in [0.5, 0.6) is 0 Å². The summed E-state index contributed by atoms with van der Waals surface area (Å²) in [5.74, 6) is 0.0514. The van der Waals surface area contributed by atoms with Gasteiger partial charge in [0, 0.05) is 0 Å². The van der Waals surface area contributed by atoms with E-state index in [2.05, 4.69) is 0 Å². The molecule has 0 saturated carbocycles. The fourth-order valence-electron chi connectivity index (χ4n) is 1.70. The Kier molecular flexibility index (Phi) is 3.86. The average Bonchev–Trinajstić information content (AvgIpc) is 2.43. The van der Waals surface area contributed by atoms with Crippen molar-refractivity contribution in [1.82, 2.24) is 0 Å². The normalized spacial score (nSPS) is 40.5. The molecule has 5 heteroatoms. The van der Waals surface area contributed by atoms with Crippen LogP contribution in [0.1, 0.15) is 13.8 Å². The molecule has 0 aromatic heterocycles. The van der Waals surface area contributed by atoms with Crippen molar-refractivity contribution in [3.63, 3.8) is 0 Å². The maximum Gasteiger partial charge on any atom is 0.115 e. The molecule has 0 bridgehead atoms. The van der Waals surface area contributed by atoms with E-state index in [0.717, 1.165) is 0 Å². The lowest BCUT2D eigenvalue weighted by Gasteiger charge is -2.19. The highest BCUT2D eigenvalue weighted by Crippen LogP contribution is 2.28. The Morgan fingerprint density at radius 2 is 1.64 bits per heavy atom. The highest BCUT2D eigenvalue weighted by molar-refractivity contribution is 4.94. The van der Waals surface area contributed by atoms with Crippen LogP contribution in [-0.2, 0) is 4.74 Å². The molecule has 1 fully saturated rings. The lowest BCUT2D eigenvalue weighted by molar-refractivity contribution is -0.0883. The Morgan fingerprint density at radius 1 is 1.14 bits per heavy atom. The molecule has 1 rings (SSSR count). The molecule has 4 N–H and O–H groups in total. The first-order chi connectivity index (χ1) is 6.49. The predicted octanol–water partition coefficient (Wildman–Crippen LogP) is -1.52. The van der Waals surface area contributed by atoms with E-state index in [1.165, 1.54) is 0 Å². The Balaban J connectivity index is 2.66. The summed E-state index contributed by atoms with van der Waals surface area (Å²) in [5.41, 5.74) is 0. The van der Waals surface area contributed by atoms with Gasteiger partial charge in [-0.25, -0.2) is 0 Å². The van der Waals surface area contributed by atoms with Crippen molar-refractivity contribution in [3.8, 4) is 0 Å². The summed E-state index contributed by atoms with van der Waals surface area (Å²) in [7, 11) is 0. The molecule has 0 radical (unpaired) electrons. The third-order valence-electron chi connectivity index (χ3n) is 2.56. The maximum absolute atomic E-state index is 9.57. The minimum Gasteiger partial charge on any atom is -0.394 e. The van der Waals surface area contributed by atoms with Crippen LogP contribution in [0.15, 0.2) is 0 Å². The zero-order valence-electron chi connectivity index (χ0n) is 8.37. The molecule has 84 valence electrons. The van der Waals surface area contributed by atoms with Crippen LogP contribution < -0.4 is 0 Å². The second-order valence-corrected chi connectivity index (χ2v) is 4.04. The molecular formula is C9H18O5. The van der Waals surface area contributed by atoms with Crippen molar-refractivity contribution >= 4 is 0 Å². The quantitative estimate of drug-likeness (QED) is 0.450. The summed E-state index contributed by atoms with van der Waals surface area (Å²) in [6.07, 6.45) is -4.67. The number of rotatable bonds is 3. The van der Waals surface area contributed by atoms with E-state index in [1.807, 2.05) is 13.8 Å². The van der Waals surface area contributed by atoms with E-state index < -0.39 is 37.1 Å². The molecule has 1 heterocycles. The molecule has 0 amide bonds. The van der Waals surface area contributed by atoms with Gasteiger partial charge in [0.2, 0.25) is 0 Å². The number of ether oxygens (including phenoxy) is 1. The highest BCUT2D eigenvalue weighted by Gasteiger charge is 2.46. The van der Waals surface area contributed by atoms with Crippen LogP contribution in [-0.4, -0.2) is 57.6 Å². The monoisotopic (exact) mass is 206 g/mol. The van der Waals surface area contributed by atoms with E-state index in [-0.39, 0.29) is 5.92 Å². The molecule has 5 atom stereocenters. The van der Waals surface area contributed by atoms with E-state index >= 15 is 0 Å². The topological polar surface area (TPSA) is 90.2 Å². The van der Waals surface area contributed by atoms with Crippen LogP contribution in [0.4, 0.5) is 0 Å². The van der Waals surface area contributed by atoms with Gasteiger partial charge in [-0.1, -0.05) is 13.8 Å². The smallest absolute Gasteiger partial charge is 0.115 e. The fraction of sp³-hybridized carbons (Fsp3) is 1.00. The van der Waals surface area contributed by atoms with Crippen molar-refractivity contribution < 1.29 is 25.2 Å². The summed E-state index contributed by atoms with van der Waals surface area (Å²) < 4.78 is 5.29. The standard InChI is InChI=1S/C9H18O5/c1-4(2)8-6(12)7(13)9(14-8)5(11)3-10/h4-13H,3H2,1-2H3. The highest BCUT2D eigenvalue weighted by atomic mass is 16.6. The van der Waals surface area contributed by atoms with Crippen LogP contribution in [0.3, 0.4) is 0 Å². The molecule has 1 saturated heterocycles. The zero-order valence-corrected chi connectivity index (χ0v) is 8.37. The molecule has 5 unspecified atom stereocenters. The van der Waals surface area contributed by atoms with Crippen molar-refractivity contribution in [2.45, 2.75) is 44.4 Å². The lowest BCUT2D eigenvalue weighted by atomic mass is 9.98. The molecule has 1 aliphatic rings. The Bertz CT molecular complexity index is 184. The Hall–Kier alpha value is -0.200. The van der Waals surface area contributed by atoms with Crippen LogP contribution in [0.25, 0.3) is 0 Å². The third-order valence-corrected chi connectivity index (χ3v) is 2.56. The first kappa shape index (κ1) is 11.9. The number of hydrogen-bond donors (Lipinski definition) is 4. The molecule has 1 aliphatic heterocycles. The van der Waals surface area contributed by atoms with Gasteiger partial charge < -0.3 is 25.2 Å². The van der Waals surface area contributed by atoms with E-state index in [9.17, 15) is 15.3 Å². The summed E-state index contributed by atoms with van der Waals surface area (Å²) >= 11 is 0. The van der Waals surface area contributed by atoms with Gasteiger partial charge in [-0.3, -0.25) is 0 Å². The number of aliphatic hydroxyl groups is 4. The summed E-state index contributed by atoms with van der Waals surface area (Å²) in [5, 5.41) is 37.1. The van der Waals surface area contributed by atoms with Gasteiger partial charge in [0.25, 0.3) is 0 Å². The second kappa shape index (κ2) is 4.55. The van der Waals surface area contributed by atoms with Crippen molar-refractivity contribution in [3.05, 3.63) is 0 Å². The summed E-state index contributed by atoms with van der Waals surface area (Å²) in [6.45, 7) is 3.22. The third kappa shape index (κ3) is 2.07. The van der Waals surface area contributed by atoms with Crippen molar-refractivity contribution in [2.24, 2.45) is 5.92 Å². The minimum atomic E-state index is -1.15. The number of hydrogen-bond acceptors (Lipinski definition) is 5. The molecular weight excluding hydrogens is 188 g/mol. The fourth-order valence-corrected chi connectivity index (χ4v) is 1.70. The minimum absolute atomic E-state index is 0.0514. The molecule has 0 aliphatic carbocycles. The predicted molar refractivity (Wildman–Crippen MR) is 48.6 cm³/mol. The van der Waals surface area contributed by atoms with Gasteiger partial charge in [0.05, 0.1) is 12.7 Å². The van der Waals surface area contributed by atoms with Crippen molar-refractivity contribution in [2.75, 3.05) is 6.61 Å². The summed E-state index contributed by atoms with van der Waals surface area (Å²) in [6, 6.07) is 0. The van der Waals surface area contributed by atoms with Gasteiger partial charge in [-0.05, 0) is 5.92 Å². The molecule has 0 aromatic rings. The van der Waals surface area contributed by atoms with E-state index in [4.69, 9.17) is 9.84 Å². The van der Waals surface area contributed by atoms with E-state index in [1.54, 1.807) is 0 Å². The Morgan fingerprint density at radius 3 is 2.00 bits per heavy atom. The first-order valence-corrected chi connectivity index (χ1v) is 4.79. The van der Waals surface area contributed by atoms with Gasteiger partial charge in [0.1, 0.15) is 24.4 Å². The van der Waals surface area contributed by atoms with Crippen molar-refractivity contribution in [1.29, 1.82) is 0 Å². The molecule has 0 aromatic carbocycles. The lowest BCUT2D eigenvalue weighted by Crippen LogP contribution is -2.40. The van der Waals surface area contributed by atoms with Crippen LogP contribution in [0, 0.1) is 5.92 Å². The largest absolute Gasteiger partial charge is 0.394 e. The van der Waals surface area contributed by atoms with Crippen LogP contribution in [0.2, 0.25) is 0 Å². The summed E-state index contributed by atoms with van der Waals surface area (Å²) in [4.78, 5) is 0. The van der Waals surface area contributed by atoms with Gasteiger partial charge in [0.15, 0.2) is 0 Å². The van der Waals surface area contributed by atoms with Gasteiger partial charge in [-0.15, -0.1) is 0 Å². The van der Waals surface area contributed by atoms with Gasteiger partial charge >= 0.3 is 0 Å². The van der Waals surface area contributed by atoms with E-state index in [0.29, 0.717) is 0 Å². The zero-order chi connectivity index (χ0) is 10.9. The molecule has 5 nitrogen and oxygen atoms in total. The SMILES string of the molecule is CC(C)C1OC(C(O)CO)C(O)C1O. The second-order valence-electron chi connectivity index (χ2n) is 4.04. The average molecular weight is 206 g/mol.